The highest BCUT2D eigenvalue weighted by Crippen LogP contribution is 2.12. The summed E-state index contributed by atoms with van der Waals surface area (Å²) in [5.74, 6) is 0. The van der Waals surface area contributed by atoms with Crippen LogP contribution in [0.25, 0.3) is 0 Å². The summed E-state index contributed by atoms with van der Waals surface area (Å²) in [6, 6.07) is 5.06. The molecule has 0 aliphatic carbocycles. The molecule has 0 bridgehead atoms. The van der Waals surface area contributed by atoms with Crippen LogP contribution in [0.4, 0.5) is 0 Å². The van der Waals surface area contributed by atoms with Gasteiger partial charge < -0.3 is 18.9 Å². The lowest BCUT2D eigenvalue weighted by Crippen LogP contribution is -2.26. The van der Waals surface area contributed by atoms with Gasteiger partial charge in [-0.25, -0.2) is 0 Å². The molecule has 0 spiro atoms. The molecule has 0 aromatic heterocycles. The van der Waals surface area contributed by atoms with E-state index in [4.69, 9.17) is 18.9 Å². The molecule has 0 fully saturated rings. The molecule has 0 amide bonds. The van der Waals surface area contributed by atoms with Gasteiger partial charge >= 0.3 is 0 Å². The summed E-state index contributed by atoms with van der Waals surface area (Å²) >= 11 is 0. The highest BCUT2D eigenvalue weighted by molar-refractivity contribution is 6.37. The summed E-state index contributed by atoms with van der Waals surface area (Å²) in [5.41, 5.74) is 0. The summed E-state index contributed by atoms with van der Waals surface area (Å²) in [7, 11) is -0.192. The monoisotopic (exact) mass is 392 g/mol. The lowest BCUT2D eigenvalue weighted by atomic mass is 10.4. The van der Waals surface area contributed by atoms with Gasteiger partial charge in [0.05, 0.1) is 24.4 Å². The van der Waals surface area contributed by atoms with Crippen LogP contribution in [0.3, 0.4) is 0 Å². The van der Waals surface area contributed by atoms with Crippen molar-refractivity contribution in [3.05, 3.63) is 0 Å². The minimum Gasteiger partial charge on any atom is -0.350 e. The molecule has 25 heavy (non-hydrogen) atoms. The van der Waals surface area contributed by atoms with Crippen LogP contribution < -0.4 is 0 Å². The number of hydrogen-bond acceptors (Lipinski definition) is 4. The van der Waals surface area contributed by atoms with Crippen molar-refractivity contribution in [1.29, 1.82) is 0 Å². The minimum atomic E-state index is -0.0959. The van der Waals surface area contributed by atoms with Gasteiger partial charge in [-0.3, -0.25) is 0 Å². The Morgan fingerprint density at radius 2 is 0.800 bits per heavy atom. The Labute approximate surface area is 161 Å². The molecule has 0 atom stereocenters. The van der Waals surface area contributed by atoms with E-state index in [-0.39, 0.29) is 56.0 Å². The lowest BCUT2D eigenvalue weighted by Gasteiger charge is -2.23. The highest BCUT2D eigenvalue weighted by atomic mass is 28.2. The fourth-order valence-electron chi connectivity index (χ4n) is 2.70. The van der Waals surface area contributed by atoms with Crippen LogP contribution in [0, 0.1) is 0 Å². The average molecular weight is 393 g/mol. The zero-order chi connectivity index (χ0) is 19.2. The van der Waals surface area contributed by atoms with Gasteiger partial charge in [0.2, 0.25) is 0 Å². The van der Waals surface area contributed by atoms with E-state index in [0.717, 1.165) is 12.1 Å². The molecule has 0 aromatic carbocycles. The Hall–Kier alpha value is 0.274. The molecule has 0 saturated heterocycles. The molecule has 4 nitrogen and oxygen atoms in total. The van der Waals surface area contributed by atoms with Crippen molar-refractivity contribution in [2.24, 2.45) is 0 Å². The van der Waals surface area contributed by atoms with Crippen LogP contribution in [0.15, 0.2) is 0 Å². The van der Waals surface area contributed by atoms with Gasteiger partial charge in [-0.2, -0.15) is 0 Å². The first-order valence-corrected chi connectivity index (χ1v) is 14.3. The molecule has 152 valence electrons. The fraction of sp³-hybridized carbons (Fsp3) is 1.00. The smallest absolute Gasteiger partial charge is 0.155 e. The van der Waals surface area contributed by atoms with E-state index in [1.54, 1.807) is 0 Å². The number of ether oxygens (including phenoxy) is 4. The van der Waals surface area contributed by atoms with Crippen molar-refractivity contribution in [2.75, 3.05) is 0 Å². The van der Waals surface area contributed by atoms with Gasteiger partial charge in [-0.1, -0.05) is 18.5 Å². The van der Waals surface area contributed by atoms with Gasteiger partial charge in [0.15, 0.2) is 12.6 Å². The third kappa shape index (κ3) is 17.4. The minimum absolute atomic E-state index is 0.00664. The van der Waals surface area contributed by atoms with Crippen molar-refractivity contribution in [3.8, 4) is 0 Å². The van der Waals surface area contributed by atoms with E-state index in [0.29, 0.717) is 0 Å². The summed E-state index contributed by atoms with van der Waals surface area (Å²) < 4.78 is 23.5. The molecular formula is C19H44O4Si2. The largest absolute Gasteiger partial charge is 0.350 e. The summed E-state index contributed by atoms with van der Waals surface area (Å²) in [5, 5.41) is 0. The van der Waals surface area contributed by atoms with Crippen LogP contribution in [-0.2, 0) is 18.9 Å². The van der Waals surface area contributed by atoms with E-state index in [9.17, 15) is 0 Å². The molecule has 6 heteroatoms. The summed E-state index contributed by atoms with van der Waals surface area (Å²) in [4.78, 5) is 0. The van der Waals surface area contributed by atoms with E-state index >= 15 is 0 Å². The number of hydrogen-bond donors (Lipinski definition) is 0. The topological polar surface area (TPSA) is 36.9 Å². The Bertz CT molecular complexity index is 251. The van der Waals surface area contributed by atoms with Crippen LogP contribution >= 0.6 is 0 Å². The summed E-state index contributed by atoms with van der Waals surface area (Å²) in [6.07, 6.45) is 2.34. The van der Waals surface area contributed by atoms with Crippen molar-refractivity contribution in [3.63, 3.8) is 0 Å². The van der Waals surface area contributed by atoms with E-state index in [1.165, 1.54) is 18.5 Å². The zero-order valence-corrected chi connectivity index (χ0v) is 20.9. The van der Waals surface area contributed by atoms with Crippen molar-refractivity contribution in [1.82, 2.24) is 0 Å². The van der Waals surface area contributed by atoms with Crippen LogP contribution in [0.5, 0.6) is 0 Å². The summed E-state index contributed by atoms with van der Waals surface area (Å²) in [6.45, 7) is 16.7. The van der Waals surface area contributed by atoms with Crippen molar-refractivity contribution in [2.45, 2.75) is 123 Å². The molecule has 0 radical (unpaired) electrons. The Kier molecular flexibility index (Phi) is 15.5. The maximum atomic E-state index is 5.88. The fourth-order valence-corrected chi connectivity index (χ4v) is 6.61. The second-order valence-corrected chi connectivity index (χ2v) is 11.9. The van der Waals surface area contributed by atoms with Crippen LogP contribution in [0.2, 0.25) is 24.2 Å². The zero-order valence-electron chi connectivity index (χ0n) is 18.0. The van der Waals surface area contributed by atoms with E-state index < -0.39 is 0 Å². The molecule has 0 unspecified atom stereocenters. The number of rotatable bonds is 16. The third-order valence-corrected chi connectivity index (χ3v) is 7.33. The Morgan fingerprint density at radius 3 is 1.04 bits per heavy atom. The Morgan fingerprint density at radius 1 is 0.520 bits per heavy atom. The first-order valence-electron chi connectivity index (χ1n) is 10.3. The Balaban J connectivity index is 3.84. The van der Waals surface area contributed by atoms with Crippen molar-refractivity contribution < 1.29 is 18.9 Å². The molecule has 0 N–H and O–H groups in total. The van der Waals surface area contributed by atoms with Gasteiger partial charge in [-0.15, -0.1) is 0 Å². The molecule has 0 aliphatic heterocycles. The predicted octanol–water partition coefficient (Wildman–Crippen LogP) is 3.74. The van der Waals surface area contributed by atoms with Crippen molar-refractivity contribution >= 4 is 19.0 Å². The molecule has 0 saturated carbocycles. The highest BCUT2D eigenvalue weighted by Gasteiger charge is 2.14. The quantitative estimate of drug-likeness (QED) is 0.228. The SMILES string of the molecule is CC(C)OC(C[SiH2]CCC[SiH2]CC(OC(C)C)OC(C)C)OC(C)C. The first kappa shape index (κ1) is 25.3. The van der Waals surface area contributed by atoms with Gasteiger partial charge in [0, 0.05) is 19.0 Å². The second-order valence-electron chi connectivity index (χ2n) is 7.94. The molecule has 0 rings (SSSR count). The van der Waals surface area contributed by atoms with E-state index in [2.05, 4.69) is 55.4 Å². The normalized spacial score (nSPS) is 13.7. The predicted molar refractivity (Wildman–Crippen MR) is 113 cm³/mol. The maximum absolute atomic E-state index is 5.88. The standard InChI is InChI=1S/C19H44O4Si2/c1-14(2)20-18(21-15(3)4)12-24-10-9-11-25-13-19(22-16(5)6)23-17(7)8/h14-19H,9-13,24-25H2,1-8H3. The molecular weight excluding hydrogens is 348 g/mol. The molecule has 0 heterocycles. The van der Waals surface area contributed by atoms with Crippen LogP contribution in [-0.4, -0.2) is 56.0 Å². The van der Waals surface area contributed by atoms with Gasteiger partial charge in [-0.05, 0) is 67.5 Å². The molecule has 0 aliphatic rings. The first-order chi connectivity index (χ1) is 11.7. The second kappa shape index (κ2) is 15.3. The third-order valence-electron chi connectivity index (χ3n) is 3.58. The maximum Gasteiger partial charge on any atom is 0.155 e. The van der Waals surface area contributed by atoms with E-state index in [1.807, 2.05) is 0 Å². The lowest BCUT2D eigenvalue weighted by molar-refractivity contribution is -0.169. The molecule has 0 aromatic rings. The van der Waals surface area contributed by atoms with Gasteiger partial charge in [0.25, 0.3) is 0 Å². The van der Waals surface area contributed by atoms with Gasteiger partial charge in [0.1, 0.15) is 0 Å². The average Bonchev–Trinajstić information content (AvgIpc) is 2.43. The van der Waals surface area contributed by atoms with Crippen LogP contribution in [0.1, 0.15) is 61.8 Å².